The zero-order valence-corrected chi connectivity index (χ0v) is 16.1. The summed E-state index contributed by atoms with van der Waals surface area (Å²) in [5.74, 6) is -1.66. The monoisotopic (exact) mass is 421 g/mol. The third kappa shape index (κ3) is 5.19. The summed E-state index contributed by atoms with van der Waals surface area (Å²) in [5.41, 5.74) is -0.228. The highest BCUT2D eigenvalue weighted by Crippen LogP contribution is 2.19. The van der Waals surface area contributed by atoms with Crippen LogP contribution in [-0.4, -0.2) is 32.3 Å². The van der Waals surface area contributed by atoms with Gasteiger partial charge in [0.05, 0.1) is 24.2 Å². The van der Waals surface area contributed by atoms with Crippen LogP contribution in [0.3, 0.4) is 0 Å². The van der Waals surface area contributed by atoms with Gasteiger partial charge in [-0.25, -0.2) is 8.78 Å². The number of hydrogen-bond donors (Lipinski definition) is 2. The minimum absolute atomic E-state index is 0.0765. The lowest BCUT2D eigenvalue weighted by Crippen LogP contribution is -2.24. The van der Waals surface area contributed by atoms with Gasteiger partial charge >= 0.3 is 0 Å². The number of halogens is 2. The minimum Gasteiger partial charge on any atom is -0.459 e. The summed E-state index contributed by atoms with van der Waals surface area (Å²) in [4.78, 5) is 24.0. The molecule has 11 heteroatoms. The van der Waals surface area contributed by atoms with Crippen molar-refractivity contribution >= 4 is 29.3 Å². The number of nitrogens with zero attached hydrogens (tertiary/aromatic N) is 3. The van der Waals surface area contributed by atoms with E-state index in [1.165, 1.54) is 6.26 Å². The molecule has 2 N–H and O–H groups in total. The average molecular weight is 421 g/mol. The van der Waals surface area contributed by atoms with E-state index < -0.39 is 17.5 Å². The molecular formula is C18H17F2N5O3S. The SMILES string of the molecule is CCn1c(CNC(=O)c2ccco2)nnc1SCC(=O)Nc1cc(F)ccc1F. The molecule has 0 aliphatic rings. The fourth-order valence-electron chi connectivity index (χ4n) is 2.44. The molecule has 2 aromatic heterocycles. The lowest BCUT2D eigenvalue weighted by Gasteiger charge is -2.09. The van der Waals surface area contributed by atoms with Crippen molar-refractivity contribution < 1.29 is 22.8 Å². The topological polar surface area (TPSA) is 102 Å². The van der Waals surface area contributed by atoms with Crippen LogP contribution in [0.15, 0.2) is 46.2 Å². The normalized spacial score (nSPS) is 10.7. The first-order chi connectivity index (χ1) is 14.0. The molecule has 8 nitrogen and oxygen atoms in total. The van der Waals surface area contributed by atoms with Crippen LogP contribution < -0.4 is 10.6 Å². The van der Waals surface area contributed by atoms with Crippen LogP contribution in [0.2, 0.25) is 0 Å². The molecule has 3 aromatic rings. The zero-order valence-electron chi connectivity index (χ0n) is 15.3. The number of carbonyl (C=O) groups excluding carboxylic acids is 2. The summed E-state index contributed by atoms with van der Waals surface area (Å²) in [5, 5.41) is 13.5. The van der Waals surface area contributed by atoms with E-state index >= 15 is 0 Å². The van der Waals surface area contributed by atoms with Crippen molar-refractivity contribution in [3.8, 4) is 0 Å². The summed E-state index contributed by atoms with van der Waals surface area (Å²) in [6.07, 6.45) is 1.40. The van der Waals surface area contributed by atoms with Crippen LogP contribution in [0.25, 0.3) is 0 Å². The summed E-state index contributed by atoms with van der Waals surface area (Å²) in [6, 6.07) is 5.97. The number of amides is 2. The van der Waals surface area contributed by atoms with Crippen molar-refractivity contribution in [2.45, 2.75) is 25.2 Å². The number of thioether (sulfide) groups is 1. The van der Waals surface area contributed by atoms with Crippen LogP contribution in [0.1, 0.15) is 23.3 Å². The molecule has 0 unspecified atom stereocenters. The van der Waals surface area contributed by atoms with Gasteiger partial charge in [-0.2, -0.15) is 0 Å². The maximum Gasteiger partial charge on any atom is 0.287 e. The van der Waals surface area contributed by atoms with Crippen LogP contribution in [0.5, 0.6) is 0 Å². The van der Waals surface area contributed by atoms with Crippen molar-refractivity contribution in [2.24, 2.45) is 0 Å². The van der Waals surface area contributed by atoms with E-state index in [9.17, 15) is 18.4 Å². The Kier molecular flexibility index (Phi) is 6.60. The van der Waals surface area contributed by atoms with Gasteiger partial charge in [-0.3, -0.25) is 9.59 Å². The predicted octanol–water partition coefficient (Wildman–Crippen LogP) is 2.83. The molecule has 0 saturated heterocycles. The van der Waals surface area contributed by atoms with E-state index in [0.717, 1.165) is 30.0 Å². The van der Waals surface area contributed by atoms with E-state index in [0.29, 0.717) is 17.5 Å². The molecule has 0 saturated carbocycles. The largest absolute Gasteiger partial charge is 0.459 e. The van der Waals surface area contributed by atoms with E-state index in [2.05, 4.69) is 20.8 Å². The molecule has 1 aromatic carbocycles. The Morgan fingerprint density at radius 2 is 2.07 bits per heavy atom. The number of hydrogen-bond acceptors (Lipinski definition) is 6. The fourth-order valence-corrected chi connectivity index (χ4v) is 3.26. The molecule has 152 valence electrons. The maximum absolute atomic E-state index is 13.6. The van der Waals surface area contributed by atoms with E-state index in [4.69, 9.17) is 4.42 Å². The second-order valence-electron chi connectivity index (χ2n) is 5.76. The van der Waals surface area contributed by atoms with Gasteiger partial charge in [-0.05, 0) is 31.2 Å². The van der Waals surface area contributed by atoms with Gasteiger partial charge in [-0.1, -0.05) is 11.8 Å². The summed E-state index contributed by atoms with van der Waals surface area (Å²) in [7, 11) is 0. The van der Waals surface area contributed by atoms with Crippen molar-refractivity contribution in [3.63, 3.8) is 0 Å². The lowest BCUT2D eigenvalue weighted by molar-refractivity contribution is -0.113. The Balaban J connectivity index is 1.57. The molecule has 29 heavy (non-hydrogen) atoms. The van der Waals surface area contributed by atoms with Crippen LogP contribution in [0.4, 0.5) is 14.5 Å². The summed E-state index contributed by atoms with van der Waals surface area (Å²) in [6.45, 7) is 2.51. The van der Waals surface area contributed by atoms with Gasteiger partial charge in [0.1, 0.15) is 11.6 Å². The standard InChI is InChI=1S/C18H17F2N5O3S/c1-2-25-15(9-21-17(27)14-4-3-7-28-14)23-24-18(25)29-10-16(26)22-13-8-11(19)5-6-12(13)20/h3-8H,2,9-10H2,1H3,(H,21,27)(H,22,26). The Bertz CT molecular complexity index is 1010. The molecule has 0 fully saturated rings. The highest BCUT2D eigenvalue weighted by Gasteiger charge is 2.16. The van der Waals surface area contributed by atoms with Crippen LogP contribution in [0, 0.1) is 11.6 Å². The number of furan rings is 1. The smallest absolute Gasteiger partial charge is 0.287 e. The second kappa shape index (κ2) is 9.32. The first-order valence-corrected chi connectivity index (χ1v) is 9.58. The molecule has 2 amide bonds. The average Bonchev–Trinajstić information content (AvgIpc) is 3.37. The van der Waals surface area contributed by atoms with Crippen molar-refractivity contribution in [1.82, 2.24) is 20.1 Å². The lowest BCUT2D eigenvalue weighted by atomic mass is 10.3. The minimum atomic E-state index is -0.726. The van der Waals surface area contributed by atoms with E-state index in [1.54, 1.807) is 16.7 Å². The van der Waals surface area contributed by atoms with Gasteiger partial charge in [0, 0.05) is 12.6 Å². The quantitative estimate of drug-likeness (QED) is 0.543. The van der Waals surface area contributed by atoms with Crippen molar-refractivity contribution in [1.29, 1.82) is 0 Å². The second-order valence-corrected chi connectivity index (χ2v) is 6.71. The molecular weight excluding hydrogens is 404 g/mol. The molecule has 0 aliphatic carbocycles. The Morgan fingerprint density at radius 1 is 1.24 bits per heavy atom. The highest BCUT2D eigenvalue weighted by atomic mass is 32.2. The first-order valence-electron chi connectivity index (χ1n) is 8.59. The molecule has 0 radical (unpaired) electrons. The van der Waals surface area contributed by atoms with E-state index in [-0.39, 0.29) is 29.7 Å². The molecule has 0 bridgehead atoms. The molecule has 2 heterocycles. The number of carbonyl (C=O) groups is 2. The van der Waals surface area contributed by atoms with E-state index in [1.807, 2.05) is 6.92 Å². The Labute approximate surface area is 168 Å². The Morgan fingerprint density at radius 3 is 2.79 bits per heavy atom. The van der Waals surface area contributed by atoms with Gasteiger partial charge in [0.25, 0.3) is 5.91 Å². The number of nitrogens with one attached hydrogen (secondary N) is 2. The zero-order chi connectivity index (χ0) is 20.8. The number of rotatable bonds is 8. The number of anilines is 1. The number of aromatic nitrogens is 3. The van der Waals surface area contributed by atoms with Crippen LogP contribution >= 0.6 is 11.8 Å². The third-order valence-corrected chi connectivity index (χ3v) is 4.76. The number of benzene rings is 1. The third-order valence-electron chi connectivity index (χ3n) is 3.80. The summed E-state index contributed by atoms with van der Waals surface area (Å²) >= 11 is 1.09. The first kappa shape index (κ1) is 20.5. The maximum atomic E-state index is 13.6. The molecule has 0 atom stereocenters. The van der Waals surface area contributed by atoms with Gasteiger partial charge in [0.15, 0.2) is 16.7 Å². The summed E-state index contributed by atoms with van der Waals surface area (Å²) < 4.78 is 33.6. The van der Waals surface area contributed by atoms with Crippen molar-refractivity contribution in [2.75, 3.05) is 11.1 Å². The van der Waals surface area contributed by atoms with Crippen molar-refractivity contribution in [3.05, 3.63) is 59.8 Å². The molecule has 3 rings (SSSR count). The highest BCUT2D eigenvalue weighted by molar-refractivity contribution is 7.99. The molecule has 0 spiro atoms. The van der Waals surface area contributed by atoms with Crippen LogP contribution in [-0.2, 0) is 17.9 Å². The predicted molar refractivity (Wildman–Crippen MR) is 101 cm³/mol. The molecule has 0 aliphatic heterocycles. The Hall–Kier alpha value is -3.21. The van der Waals surface area contributed by atoms with Gasteiger partial charge in [-0.15, -0.1) is 10.2 Å². The van der Waals surface area contributed by atoms with Gasteiger partial charge in [0.2, 0.25) is 5.91 Å². The fraction of sp³-hybridized carbons (Fsp3) is 0.222. The van der Waals surface area contributed by atoms with Gasteiger partial charge < -0.3 is 19.6 Å².